The van der Waals surface area contributed by atoms with E-state index in [1.165, 1.54) is 4.90 Å². The molecular weight excluding hydrogens is 308 g/mol. The third-order valence-electron chi connectivity index (χ3n) is 4.54. The highest BCUT2D eigenvalue weighted by molar-refractivity contribution is 5.83. The number of ether oxygens (including phenoxy) is 1. The van der Waals surface area contributed by atoms with E-state index in [1.807, 2.05) is 6.92 Å². The number of esters is 1. The summed E-state index contributed by atoms with van der Waals surface area (Å²) in [4.78, 5) is 31.7. The van der Waals surface area contributed by atoms with E-state index in [0.29, 0.717) is 26.2 Å². The number of rotatable bonds is 12. The largest absolute Gasteiger partial charge is 0.464 e. The molecule has 24 heavy (non-hydrogen) atoms. The van der Waals surface area contributed by atoms with Crippen molar-refractivity contribution in [1.29, 1.82) is 0 Å². The van der Waals surface area contributed by atoms with Crippen LogP contribution in [0.5, 0.6) is 0 Å². The molecule has 0 aromatic rings. The Hall–Kier alpha value is -1.30. The van der Waals surface area contributed by atoms with Crippen LogP contribution < -0.4 is 5.48 Å². The zero-order valence-corrected chi connectivity index (χ0v) is 15.7. The van der Waals surface area contributed by atoms with Crippen LogP contribution in [0.1, 0.15) is 72.6 Å². The summed E-state index contributed by atoms with van der Waals surface area (Å²) in [6.45, 7) is 9.46. The summed E-state index contributed by atoms with van der Waals surface area (Å²) >= 11 is 0. The standard InChI is InChI=1S/C18H34N2O4/c1-5-8-12-23-16(21)15(14-18(4)10-11-18)20(7-3)17(22)19-24-13-9-6-2/h15H,5-14H2,1-4H3,(H,19,22)/t15-/m1/s1. The Balaban J connectivity index is 2.65. The number of nitrogens with zero attached hydrogens (tertiary/aromatic N) is 1. The minimum atomic E-state index is -0.547. The molecule has 0 bridgehead atoms. The molecule has 0 spiro atoms. The Kier molecular flexibility index (Phi) is 9.11. The van der Waals surface area contributed by atoms with Crippen LogP contribution in [0.4, 0.5) is 4.79 Å². The van der Waals surface area contributed by atoms with Crippen LogP contribution in [-0.4, -0.2) is 42.7 Å². The van der Waals surface area contributed by atoms with Gasteiger partial charge in [-0.2, -0.15) is 0 Å². The van der Waals surface area contributed by atoms with Gasteiger partial charge in [0.15, 0.2) is 0 Å². The number of amides is 2. The summed E-state index contributed by atoms with van der Waals surface area (Å²) in [5.41, 5.74) is 2.60. The second kappa shape index (κ2) is 10.5. The van der Waals surface area contributed by atoms with E-state index in [0.717, 1.165) is 38.5 Å². The SMILES string of the molecule is CCCCONC(=O)N(CC)[C@H](CC1(C)CC1)C(=O)OCCCC. The van der Waals surface area contributed by atoms with Gasteiger partial charge < -0.3 is 9.64 Å². The third kappa shape index (κ3) is 7.07. The predicted molar refractivity (Wildman–Crippen MR) is 93.4 cm³/mol. The van der Waals surface area contributed by atoms with Crippen LogP contribution in [0.3, 0.4) is 0 Å². The maximum atomic E-state index is 12.5. The highest BCUT2D eigenvalue weighted by atomic mass is 16.7. The molecule has 0 aliphatic heterocycles. The molecular formula is C18H34N2O4. The molecule has 0 heterocycles. The average Bonchev–Trinajstić information content (AvgIpc) is 3.29. The van der Waals surface area contributed by atoms with E-state index in [9.17, 15) is 9.59 Å². The molecule has 6 heteroatoms. The van der Waals surface area contributed by atoms with Gasteiger partial charge in [-0.15, -0.1) is 0 Å². The van der Waals surface area contributed by atoms with Gasteiger partial charge in [0.1, 0.15) is 6.04 Å². The average molecular weight is 342 g/mol. The molecule has 0 aromatic carbocycles. The van der Waals surface area contributed by atoms with Gasteiger partial charge in [0.2, 0.25) is 0 Å². The number of hydrogen-bond acceptors (Lipinski definition) is 4. The molecule has 140 valence electrons. The molecule has 1 rings (SSSR count). The Morgan fingerprint density at radius 1 is 1.12 bits per heavy atom. The Morgan fingerprint density at radius 2 is 1.75 bits per heavy atom. The first kappa shape index (κ1) is 20.7. The maximum absolute atomic E-state index is 12.5. The molecule has 1 aliphatic rings. The number of carbonyl (C=O) groups is 2. The lowest BCUT2D eigenvalue weighted by atomic mass is 9.98. The van der Waals surface area contributed by atoms with Gasteiger partial charge in [0.25, 0.3) is 0 Å². The van der Waals surface area contributed by atoms with Crippen molar-refractivity contribution in [3.63, 3.8) is 0 Å². The van der Waals surface area contributed by atoms with Crippen LogP contribution in [0.15, 0.2) is 0 Å². The fourth-order valence-corrected chi connectivity index (χ4v) is 2.51. The van der Waals surface area contributed by atoms with Crippen molar-refractivity contribution in [1.82, 2.24) is 10.4 Å². The summed E-state index contributed by atoms with van der Waals surface area (Å²) in [7, 11) is 0. The molecule has 6 nitrogen and oxygen atoms in total. The summed E-state index contributed by atoms with van der Waals surface area (Å²) < 4.78 is 5.39. The van der Waals surface area contributed by atoms with E-state index >= 15 is 0 Å². The van der Waals surface area contributed by atoms with Gasteiger partial charge in [-0.05, 0) is 44.4 Å². The molecule has 0 unspecified atom stereocenters. The maximum Gasteiger partial charge on any atom is 0.342 e. The fraction of sp³-hybridized carbons (Fsp3) is 0.889. The molecule has 1 N–H and O–H groups in total. The lowest BCUT2D eigenvalue weighted by molar-refractivity contribution is -0.150. The molecule has 1 atom stereocenters. The van der Waals surface area contributed by atoms with Crippen molar-refractivity contribution in [3.8, 4) is 0 Å². The zero-order chi connectivity index (χ0) is 18.0. The van der Waals surface area contributed by atoms with Crippen molar-refractivity contribution in [2.24, 2.45) is 5.41 Å². The van der Waals surface area contributed by atoms with Crippen LogP contribution in [0, 0.1) is 5.41 Å². The number of likely N-dealkylation sites (N-methyl/N-ethyl adjacent to an activating group) is 1. The van der Waals surface area contributed by atoms with E-state index < -0.39 is 6.04 Å². The van der Waals surface area contributed by atoms with Gasteiger partial charge in [-0.25, -0.2) is 15.1 Å². The van der Waals surface area contributed by atoms with Gasteiger partial charge in [0.05, 0.1) is 13.2 Å². The van der Waals surface area contributed by atoms with Crippen LogP contribution in [0.2, 0.25) is 0 Å². The highest BCUT2D eigenvalue weighted by Crippen LogP contribution is 2.49. The van der Waals surface area contributed by atoms with Crippen LogP contribution in [0.25, 0.3) is 0 Å². The van der Waals surface area contributed by atoms with E-state index in [1.54, 1.807) is 0 Å². The van der Waals surface area contributed by atoms with Gasteiger partial charge in [-0.3, -0.25) is 4.84 Å². The number of unbranched alkanes of at least 4 members (excludes halogenated alkanes) is 2. The molecule has 0 radical (unpaired) electrons. The van der Waals surface area contributed by atoms with Gasteiger partial charge in [0, 0.05) is 6.54 Å². The molecule has 1 aliphatic carbocycles. The highest BCUT2D eigenvalue weighted by Gasteiger charge is 2.44. The minimum absolute atomic E-state index is 0.144. The third-order valence-corrected chi connectivity index (χ3v) is 4.54. The normalized spacial score (nSPS) is 16.3. The molecule has 0 aromatic heterocycles. The van der Waals surface area contributed by atoms with Crippen molar-refractivity contribution < 1.29 is 19.2 Å². The van der Waals surface area contributed by atoms with Gasteiger partial charge >= 0.3 is 12.0 Å². The molecule has 0 saturated heterocycles. The summed E-state index contributed by atoms with van der Waals surface area (Å²) in [6.07, 6.45) is 6.53. The topological polar surface area (TPSA) is 67.9 Å². The smallest absolute Gasteiger partial charge is 0.342 e. The quantitative estimate of drug-likeness (QED) is 0.334. The van der Waals surface area contributed by atoms with Crippen LogP contribution >= 0.6 is 0 Å². The first-order valence-corrected chi connectivity index (χ1v) is 9.32. The van der Waals surface area contributed by atoms with E-state index in [2.05, 4.69) is 26.3 Å². The van der Waals surface area contributed by atoms with E-state index in [-0.39, 0.29) is 17.4 Å². The Morgan fingerprint density at radius 3 is 2.29 bits per heavy atom. The summed E-state index contributed by atoms with van der Waals surface area (Å²) in [5.74, 6) is -0.304. The predicted octanol–water partition coefficient (Wildman–Crippen LogP) is 3.65. The van der Waals surface area contributed by atoms with Crippen LogP contribution in [-0.2, 0) is 14.4 Å². The number of nitrogens with one attached hydrogen (secondary N) is 1. The fourth-order valence-electron chi connectivity index (χ4n) is 2.51. The second-order valence-corrected chi connectivity index (χ2v) is 6.95. The minimum Gasteiger partial charge on any atom is -0.464 e. The summed E-state index contributed by atoms with van der Waals surface area (Å²) in [5, 5.41) is 0. The zero-order valence-electron chi connectivity index (χ0n) is 15.7. The molecule has 2 amide bonds. The van der Waals surface area contributed by atoms with Gasteiger partial charge in [-0.1, -0.05) is 33.6 Å². The second-order valence-electron chi connectivity index (χ2n) is 6.95. The molecule has 1 fully saturated rings. The number of urea groups is 1. The van der Waals surface area contributed by atoms with Crippen molar-refractivity contribution in [2.45, 2.75) is 78.7 Å². The number of hydroxylamine groups is 1. The van der Waals surface area contributed by atoms with E-state index in [4.69, 9.17) is 9.57 Å². The lowest BCUT2D eigenvalue weighted by Gasteiger charge is -2.31. The first-order chi connectivity index (χ1) is 11.5. The Bertz CT molecular complexity index is 396. The van der Waals surface area contributed by atoms with Crippen molar-refractivity contribution in [3.05, 3.63) is 0 Å². The first-order valence-electron chi connectivity index (χ1n) is 9.32. The summed E-state index contributed by atoms with van der Waals surface area (Å²) in [6, 6.07) is -0.913. The lowest BCUT2D eigenvalue weighted by Crippen LogP contribution is -2.50. The monoisotopic (exact) mass is 342 g/mol. The number of hydrogen-bond donors (Lipinski definition) is 1. The van der Waals surface area contributed by atoms with Crippen molar-refractivity contribution >= 4 is 12.0 Å². The Labute approximate surface area is 146 Å². The molecule has 1 saturated carbocycles. The van der Waals surface area contributed by atoms with Crippen molar-refractivity contribution in [2.75, 3.05) is 19.8 Å². The number of carbonyl (C=O) groups excluding carboxylic acids is 2.